The number of hydrogen-bond acceptors (Lipinski definition) is 1. The zero-order valence-electron chi connectivity index (χ0n) is 8.87. The average molecular weight is 283 g/mol. The number of hydrogen-bond donors (Lipinski definition) is 0. The number of ether oxygens (including phenoxy) is 1. The maximum absolute atomic E-state index is 10.7. The minimum atomic E-state index is -10.7. The fourth-order valence-corrected chi connectivity index (χ4v) is 0.717. The monoisotopic (exact) mass is 283 g/mol. The number of aromatic nitrogens is 1. The van der Waals surface area contributed by atoms with E-state index in [0.29, 0.717) is 6.73 Å². The number of rotatable bonds is 3. The summed E-state index contributed by atoms with van der Waals surface area (Å²) in [6.45, 7) is 3.41. The Morgan fingerprint density at radius 2 is 1.35 bits per heavy atom. The Morgan fingerprint density at radius 1 is 0.941 bits per heavy atom. The van der Waals surface area contributed by atoms with E-state index in [-0.39, 0.29) is 0 Å². The molecule has 0 aromatic carbocycles. The molecule has 0 bridgehead atoms. The van der Waals surface area contributed by atoms with Gasteiger partial charge in [-0.2, -0.15) is 4.57 Å². The Balaban J connectivity index is 0.000000325. The van der Waals surface area contributed by atoms with Crippen LogP contribution in [0.3, 0.4) is 0 Å². The molecule has 0 saturated carbocycles. The number of pyridine rings is 1. The molecule has 102 valence electrons. The summed E-state index contributed by atoms with van der Waals surface area (Å²) in [6.07, 6.45) is 3.96. The summed E-state index contributed by atoms with van der Waals surface area (Å²) in [5.41, 5.74) is 0. The van der Waals surface area contributed by atoms with Gasteiger partial charge in [-0.05, 0) is 6.92 Å². The van der Waals surface area contributed by atoms with Crippen LogP contribution < -0.4 is 4.57 Å². The van der Waals surface area contributed by atoms with E-state index < -0.39 is 7.81 Å². The third-order valence-electron chi connectivity index (χ3n) is 1.22. The molecule has 0 unspecified atom stereocenters. The van der Waals surface area contributed by atoms with E-state index >= 15 is 0 Å². The van der Waals surface area contributed by atoms with Gasteiger partial charge in [0, 0.05) is 12.1 Å². The Kier molecular flexibility index (Phi) is 4.53. The Bertz CT molecular complexity index is 325. The van der Waals surface area contributed by atoms with Gasteiger partial charge in [0.2, 0.25) is 0 Å². The molecule has 1 heterocycles. The van der Waals surface area contributed by atoms with E-state index in [2.05, 4.69) is 0 Å². The normalized spacial score (nSPS) is 15.2. The van der Waals surface area contributed by atoms with Crippen LogP contribution in [0.5, 0.6) is 0 Å². The topological polar surface area (TPSA) is 13.1 Å². The van der Waals surface area contributed by atoms with Crippen molar-refractivity contribution in [3.8, 4) is 0 Å². The molecule has 0 amide bonds. The van der Waals surface area contributed by atoms with Gasteiger partial charge in [-0.3, -0.25) is 0 Å². The molecule has 9 heteroatoms. The van der Waals surface area contributed by atoms with E-state index in [1.54, 1.807) is 0 Å². The summed E-state index contributed by atoms with van der Waals surface area (Å²) in [6, 6.07) is 5.96. The quantitative estimate of drug-likeness (QED) is 0.456. The molecule has 0 radical (unpaired) electrons. The summed E-state index contributed by atoms with van der Waals surface area (Å²) in [4.78, 5) is 0. The van der Waals surface area contributed by atoms with Crippen LogP contribution in [-0.4, -0.2) is 6.61 Å². The SMILES string of the molecule is CCOC[n+]1ccccc1.F[P-](F)(F)(F)(F)F. The first-order valence-corrected chi connectivity index (χ1v) is 6.49. The molecule has 0 spiro atoms. The fourth-order valence-electron chi connectivity index (χ4n) is 0.717. The molecule has 0 atom stereocenters. The molecule has 1 rings (SSSR count). The molecule has 1 aromatic heterocycles. The van der Waals surface area contributed by atoms with Crippen molar-refractivity contribution >= 4 is 7.81 Å². The first-order valence-electron chi connectivity index (χ1n) is 4.46. The van der Waals surface area contributed by atoms with Gasteiger partial charge in [-0.15, -0.1) is 0 Å². The summed E-state index contributed by atoms with van der Waals surface area (Å²) in [5, 5.41) is 0. The van der Waals surface area contributed by atoms with Gasteiger partial charge in [0.25, 0.3) is 6.73 Å². The number of nitrogens with zero attached hydrogens (tertiary/aromatic N) is 1. The predicted molar refractivity (Wildman–Crippen MR) is 51.8 cm³/mol. The summed E-state index contributed by atoms with van der Waals surface area (Å²) >= 11 is 0. The minimum absolute atomic E-state index is 0.650. The zero-order chi connectivity index (χ0) is 13.6. The van der Waals surface area contributed by atoms with Crippen LogP contribution in [0.15, 0.2) is 30.6 Å². The second-order valence-electron chi connectivity index (χ2n) is 2.97. The van der Waals surface area contributed by atoms with Crippen LogP contribution in [0, 0.1) is 0 Å². The Morgan fingerprint density at radius 3 is 1.71 bits per heavy atom. The van der Waals surface area contributed by atoms with Crippen molar-refractivity contribution in [3.63, 3.8) is 0 Å². The Hall–Kier alpha value is -0.880. The molecular weight excluding hydrogens is 271 g/mol. The van der Waals surface area contributed by atoms with Crippen LogP contribution in [0.2, 0.25) is 0 Å². The first-order chi connectivity index (χ1) is 7.38. The molecule has 0 aliphatic carbocycles. The van der Waals surface area contributed by atoms with Crippen molar-refractivity contribution < 1.29 is 34.5 Å². The molecule has 17 heavy (non-hydrogen) atoms. The van der Waals surface area contributed by atoms with Gasteiger partial charge in [0.15, 0.2) is 12.4 Å². The van der Waals surface area contributed by atoms with Gasteiger partial charge in [-0.25, -0.2) is 0 Å². The Labute approximate surface area is 94.1 Å². The van der Waals surface area contributed by atoms with E-state index in [1.165, 1.54) is 0 Å². The van der Waals surface area contributed by atoms with Crippen LogP contribution in [0.4, 0.5) is 25.2 Å². The van der Waals surface area contributed by atoms with Crippen LogP contribution >= 0.6 is 7.81 Å². The zero-order valence-corrected chi connectivity index (χ0v) is 9.77. The van der Waals surface area contributed by atoms with Gasteiger partial charge >= 0.3 is 33.0 Å². The maximum atomic E-state index is 9.87. The molecule has 0 fully saturated rings. The van der Waals surface area contributed by atoms with Crippen molar-refractivity contribution in [2.24, 2.45) is 0 Å². The van der Waals surface area contributed by atoms with Gasteiger partial charge in [0.1, 0.15) is 0 Å². The molecule has 2 nitrogen and oxygen atoms in total. The summed E-state index contributed by atoms with van der Waals surface area (Å²) < 4.78 is 66.4. The van der Waals surface area contributed by atoms with Crippen LogP contribution in [0.25, 0.3) is 0 Å². The average Bonchev–Trinajstić information content (AvgIpc) is 2.11. The van der Waals surface area contributed by atoms with Gasteiger partial charge in [-0.1, -0.05) is 6.07 Å². The van der Waals surface area contributed by atoms with Gasteiger partial charge < -0.3 is 4.74 Å². The molecular formula is C8H12F6NOP. The van der Waals surface area contributed by atoms with Crippen molar-refractivity contribution in [1.82, 2.24) is 0 Å². The van der Waals surface area contributed by atoms with E-state index in [1.807, 2.05) is 42.1 Å². The second kappa shape index (κ2) is 4.78. The molecule has 0 saturated heterocycles. The standard InChI is InChI=1S/C8H12NO.F6P/c1-2-10-8-9-6-4-3-5-7-9;1-7(2,3,4,5)6/h3-7H,2,8H2,1H3;/q+1;-1. The molecule has 0 aliphatic heterocycles. The van der Waals surface area contributed by atoms with E-state index in [0.717, 1.165) is 6.61 Å². The fraction of sp³-hybridized carbons (Fsp3) is 0.375. The molecule has 1 aromatic rings. The third-order valence-corrected chi connectivity index (χ3v) is 1.22. The van der Waals surface area contributed by atoms with Crippen molar-refractivity contribution in [2.45, 2.75) is 13.7 Å². The molecule has 0 N–H and O–H groups in total. The van der Waals surface area contributed by atoms with Crippen LogP contribution in [-0.2, 0) is 11.5 Å². The van der Waals surface area contributed by atoms with Crippen molar-refractivity contribution in [3.05, 3.63) is 30.6 Å². The summed E-state index contributed by atoms with van der Waals surface area (Å²) in [7, 11) is -10.7. The predicted octanol–water partition coefficient (Wildman–Crippen LogP) is 4.35. The van der Waals surface area contributed by atoms with Crippen LogP contribution in [0.1, 0.15) is 6.92 Å². The second-order valence-corrected chi connectivity index (χ2v) is 4.89. The summed E-state index contributed by atoms with van der Waals surface area (Å²) in [5.74, 6) is 0. The number of halogens is 6. The van der Waals surface area contributed by atoms with Gasteiger partial charge in [0.05, 0.1) is 6.61 Å². The first kappa shape index (κ1) is 16.1. The van der Waals surface area contributed by atoms with Crippen molar-refractivity contribution in [2.75, 3.05) is 6.61 Å². The molecule has 0 aliphatic rings. The van der Waals surface area contributed by atoms with E-state index in [9.17, 15) is 25.2 Å². The third kappa shape index (κ3) is 21.0. The van der Waals surface area contributed by atoms with Crippen molar-refractivity contribution in [1.29, 1.82) is 0 Å². The van der Waals surface area contributed by atoms with E-state index in [4.69, 9.17) is 4.74 Å².